The molecule has 1 aromatic rings. The molecular weight excluding hydrogens is 274 g/mol. The molecular formula is C14H23N3O2S. The average molecular weight is 297 g/mol. The van der Waals surface area contributed by atoms with E-state index >= 15 is 0 Å². The monoisotopic (exact) mass is 297 g/mol. The van der Waals surface area contributed by atoms with E-state index in [9.17, 15) is 8.42 Å². The number of aryl methyl sites for hydroxylation is 1. The molecule has 112 valence electrons. The zero-order valence-corrected chi connectivity index (χ0v) is 12.8. The Labute approximate surface area is 121 Å². The van der Waals surface area contributed by atoms with Crippen LogP contribution in [0.25, 0.3) is 0 Å². The van der Waals surface area contributed by atoms with Crippen molar-refractivity contribution >= 4 is 10.0 Å². The highest BCUT2D eigenvalue weighted by Gasteiger charge is 2.33. The van der Waals surface area contributed by atoms with Gasteiger partial charge < -0.3 is 5.73 Å². The number of hydrogen-bond acceptors (Lipinski definition) is 4. The minimum absolute atomic E-state index is 0.0944. The largest absolute Gasteiger partial charge is 0.330 e. The summed E-state index contributed by atoms with van der Waals surface area (Å²) in [7, 11) is -3.17. The topological polar surface area (TPSA) is 76.3 Å². The van der Waals surface area contributed by atoms with Crippen molar-refractivity contribution in [3.8, 4) is 0 Å². The van der Waals surface area contributed by atoms with Crippen molar-refractivity contribution in [2.45, 2.75) is 26.2 Å². The van der Waals surface area contributed by atoms with Crippen LogP contribution in [0.4, 0.5) is 0 Å². The van der Waals surface area contributed by atoms with Crippen molar-refractivity contribution in [1.82, 2.24) is 9.29 Å². The Morgan fingerprint density at radius 3 is 2.45 bits per heavy atom. The zero-order chi connectivity index (χ0) is 14.6. The molecule has 0 spiro atoms. The molecule has 5 nitrogen and oxygen atoms in total. The Morgan fingerprint density at radius 1 is 1.30 bits per heavy atom. The van der Waals surface area contributed by atoms with Crippen LogP contribution in [-0.4, -0.2) is 43.1 Å². The Morgan fingerprint density at radius 2 is 1.90 bits per heavy atom. The average Bonchev–Trinajstić information content (AvgIpc) is 2.47. The zero-order valence-electron chi connectivity index (χ0n) is 12.0. The van der Waals surface area contributed by atoms with Crippen LogP contribution in [-0.2, 0) is 16.4 Å². The molecule has 1 aromatic heterocycles. The quantitative estimate of drug-likeness (QED) is 0.880. The Bertz CT molecular complexity index is 523. The molecule has 0 bridgehead atoms. The van der Waals surface area contributed by atoms with Gasteiger partial charge in [-0.1, -0.05) is 6.92 Å². The van der Waals surface area contributed by atoms with Gasteiger partial charge in [0.2, 0.25) is 10.0 Å². The molecule has 6 heteroatoms. The van der Waals surface area contributed by atoms with Gasteiger partial charge in [0.1, 0.15) is 0 Å². The summed E-state index contributed by atoms with van der Waals surface area (Å²) in [6.07, 6.45) is 5.61. The third-order valence-electron chi connectivity index (χ3n) is 4.21. The number of aromatic nitrogens is 1. The molecule has 0 saturated carbocycles. The van der Waals surface area contributed by atoms with Gasteiger partial charge in [0.05, 0.1) is 5.75 Å². The van der Waals surface area contributed by atoms with Gasteiger partial charge in [-0.2, -0.15) is 0 Å². The van der Waals surface area contributed by atoms with Crippen molar-refractivity contribution in [1.29, 1.82) is 0 Å². The summed E-state index contributed by atoms with van der Waals surface area (Å²) in [6, 6.07) is 3.72. The maximum Gasteiger partial charge on any atom is 0.214 e. The van der Waals surface area contributed by atoms with Gasteiger partial charge in [0, 0.05) is 25.5 Å². The molecule has 0 aliphatic carbocycles. The van der Waals surface area contributed by atoms with Crippen LogP contribution in [0.1, 0.15) is 25.3 Å². The van der Waals surface area contributed by atoms with Crippen LogP contribution < -0.4 is 5.73 Å². The molecule has 1 fully saturated rings. The second kappa shape index (κ2) is 6.20. The van der Waals surface area contributed by atoms with Crippen LogP contribution in [0.3, 0.4) is 0 Å². The normalized spacial score (nSPS) is 19.9. The number of hydrogen-bond donors (Lipinski definition) is 1. The first-order chi connectivity index (χ1) is 9.45. The number of piperidine rings is 1. The fraction of sp³-hybridized carbons (Fsp3) is 0.643. The van der Waals surface area contributed by atoms with E-state index in [1.165, 1.54) is 0 Å². The predicted molar refractivity (Wildman–Crippen MR) is 79.7 cm³/mol. The fourth-order valence-corrected chi connectivity index (χ4v) is 3.92. The molecule has 2 rings (SSSR count). The maximum absolute atomic E-state index is 12.3. The van der Waals surface area contributed by atoms with E-state index in [1.54, 1.807) is 16.7 Å². The van der Waals surface area contributed by atoms with Gasteiger partial charge in [0.15, 0.2) is 0 Å². The van der Waals surface area contributed by atoms with Crippen LogP contribution >= 0.6 is 0 Å². The molecule has 1 aliphatic rings. The Balaban J connectivity index is 1.92. The highest BCUT2D eigenvalue weighted by molar-refractivity contribution is 7.89. The molecule has 2 N–H and O–H groups in total. The van der Waals surface area contributed by atoms with Gasteiger partial charge in [-0.05, 0) is 48.9 Å². The van der Waals surface area contributed by atoms with E-state index in [0.717, 1.165) is 18.4 Å². The first-order valence-corrected chi connectivity index (χ1v) is 8.63. The van der Waals surface area contributed by atoms with Gasteiger partial charge in [-0.3, -0.25) is 4.98 Å². The van der Waals surface area contributed by atoms with Crippen LogP contribution in [0.15, 0.2) is 24.5 Å². The number of pyridine rings is 1. The van der Waals surface area contributed by atoms with Crippen molar-refractivity contribution in [2.75, 3.05) is 25.4 Å². The fourth-order valence-electron chi connectivity index (χ4n) is 2.43. The maximum atomic E-state index is 12.3. The second-order valence-electron chi connectivity index (χ2n) is 5.84. The molecule has 20 heavy (non-hydrogen) atoms. The minimum Gasteiger partial charge on any atom is -0.330 e. The third kappa shape index (κ3) is 3.77. The van der Waals surface area contributed by atoms with Gasteiger partial charge in [-0.25, -0.2) is 12.7 Å². The lowest BCUT2D eigenvalue weighted by Gasteiger charge is -2.37. The molecule has 0 aromatic carbocycles. The van der Waals surface area contributed by atoms with E-state index in [-0.39, 0.29) is 11.2 Å². The predicted octanol–water partition coefficient (Wildman–Crippen LogP) is 1.01. The number of sulfonamides is 1. The van der Waals surface area contributed by atoms with Crippen LogP contribution in [0, 0.1) is 5.41 Å². The lowest BCUT2D eigenvalue weighted by atomic mass is 9.81. The summed E-state index contributed by atoms with van der Waals surface area (Å²) in [5, 5.41) is 0. The van der Waals surface area contributed by atoms with E-state index in [0.29, 0.717) is 26.1 Å². The lowest BCUT2D eigenvalue weighted by molar-refractivity contribution is 0.183. The molecule has 0 amide bonds. The highest BCUT2D eigenvalue weighted by Crippen LogP contribution is 2.30. The summed E-state index contributed by atoms with van der Waals surface area (Å²) < 4.78 is 26.3. The number of nitrogens with two attached hydrogens (primary N) is 1. The van der Waals surface area contributed by atoms with Crippen molar-refractivity contribution in [2.24, 2.45) is 11.1 Å². The molecule has 2 heterocycles. The lowest BCUT2D eigenvalue weighted by Crippen LogP contribution is -2.45. The molecule has 0 radical (unpaired) electrons. The first-order valence-electron chi connectivity index (χ1n) is 7.02. The van der Waals surface area contributed by atoms with E-state index in [1.807, 2.05) is 12.1 Å². The summed E-state index contributed by atoms with van der Waals surface area (Å²) >= 11 is 0. The minimum atomic E-state index is -3.17. The molecule has 1 aliphatic heterocycles. The molecule has 1 saturated heterocycles. The first kappa shape index (κ1) is 15.4. The number of rotatable bonds is 5. The highest BCUT2D eigenvalue weighted by atomic mass is 32.2. The van der Waals surface area contributed by atoms with Crippen molar-refractivity contribution < 1.29 is 8.42 Å². The summed E-state index contributed by atoms with van der Waals surface area (Å²) in [5.74, 6) is 0.163. The van der Waals surface area contributed by atoms with Crippen molar-refractivity contribution in [3.63, 3.8) is 0 Å². The number of nitrogens with zero attached hydrogens (tertiary/aromatic N) is 2. The Kier molecular flexibility index (Phi) is 4.78. The SMILES string of the molecule is CC1(CN)CCN(S(=O)(=O)CCc2ccncc2)CC1. The van der Waals surface area contributed by atoms with E-state index in [4.69, 9.17) is 5.73 Å². The summed E-state index contributed by atoms with van der Waals surface area (Å²) in [5.41, 5.74) is 6.85. The second-order valence-corrected chi connectivity index (χ2v) is 7.92. The Hall–Kier alpha value is -0.980. The molecule has 0 unspecified atom stereocenters. The van der Waals surface area contributed by atoms with E-state index in [2.05, 4.69) is 11.9 Å². The standard InChI is InChI=1S/C14H23N3O2S/c1-14(12-15)5-9-17(10-6-14)20(18,19)11-4-13-2-7-16-8-3-13/h2-3,7-8H,4-6,9-12,15H2,1H3. The van der Waals surface area contributed by atoms with Gasteiger partial charge in [-0.15, -0.1) is 0 Å². The third-order valence-corrected chi connectivity index (χ3v) is 6.09. The summed E-state index contributed by atoms with van der Waals surface area (Å²) in [6.45, 7) is 3.94. The van der Waals surface area contributed by atoms with Gasteiger partial charge in [0.25, 0.3) is 0 Å². The molecule has 0 atom stereocenters. The summed E-state index contributed by atoms with van der Waals surface area (Å²) in [4.78, 5) is 3.93. The smallest absolute Gasteiger partial charge is 0.214 e. The van der Waals surface area contributed by atoms with Gasteiger partial charge >= 0.3 is 0 Å². The van der Waals surface area contributed by atoms with Crippen LogP contribution in [0.2, 0.25) is 0 Å². The van der Waals surface area contributed by atoms with E-state index < -0.39 is 10.0 Å². The van der Waals surface area contributed by atoms with Crippen LogP contribution in [0.5, 0.6) is 0 Å². The van der Waals surface area contributed by atoms with Crippen molar-refractivity contribution in [3.05, 3.63) is 30.1 Å².